The third kappa shape index (κ3) is 25.8. The van der Waals surface area contributed by atoms with Gasteiger partial charge in [-0.2, -0.15) is 0 Å². The standard InChI is InChI=1S/C29H59NO3/c1-3-5-7-9-11-14-18-22-28(23-19-15-12-10-8-6-4-2)33-29(32)24-20-16-13-17-21-25-30-26-27-31/h28,30-31H,3-27H2,1-2H3. The van der Waals surface area contributed by atoms with Crippen molar-refractivity contribution in [1.29, 1.82) is 0 Å². The number of esters is 1. The molecule has 33 heavy (non-hydrogen) atoms. The molecule has 0 aromatic heterocycles. The highest BCUT2D eigenvalue weighted by Crippen LogP contribution is 2.18. The molecule has 0 aromatic carbocycles. The topological polar surface area (TPSA) is 58.6 Å². The van der Waals surface area contributed by atoms with Crippen LogP contribution < -0.4 is 5.32 Å². The maximum atomic E-state index is 12.4. The first kappa shape index (κ1) is 32.4. The lowest BCUT2D eigenvalue weighted by Crippen LogP contribution is -2.19. The van der Waals surface area contributed by atoms with Gasteiger partial charge in [-0.05, 0) is 45.1 Å². The molecule has 0 aliphatic heterocycles. The van der Waals surface area contributed by atoms with Gasteiger partial charge in [0.05, 0.1) is 6.61 Å². The van der Waals surface area contributed by atoms with Crippen molar-refractivity contribution in [3.63, 3.8) is 0 Å². The fourth-order valence-corrected chi connectivity index (χ4v) is 4.42. The molecule has 0 saturated carbocycles. The molecule has 0 radical (unpaired) electrons. The first-order valence-electron chi connectivity index (χ1n) is 14.8. The largest absolute Gasteiger partial charge is 0.462 e. The Balaban J connectivity index is 3.98. The van der Waals surface area contributed by atoms with Crippen LogP contribution in [0.15, 0.2) is 0 Å². The molecular formula is C29H59NO3. The van der Waals surface area contributed by atoms with Crippen molar-refractivity contribution in [1.82, 2.24) is 5.32 Å². The molecule has 0 atom stereocenters. The highest BCUT2D eigenvalue weighted by Gasteiger charge is 2.14. The normalized spacial score (nSPS) is 11.4. The Labute approximate surface area is 207 Å². The molecular weight excluding hydrogens is 410 g/mol. The summed E-state index contributed by atoms with van der Waals surface area (Å²) in [6.07, 6.45) is 26.8. The number of unbranched alkanes of at least 4 members (excludes halogenated alkanes) is 16. The minimum Gasteiger partial charge on any atom is -0.462 e. The number of nitrogens with one attached hydrogen (secondary N) is 1. The summed E-state index contributed by atoms with van der Waals surface area (Å²) in [6.45, 7) is 6.40. The minimum atomic E-state index is 0.0236. The number of ether oxygens (including phenoxy) is 1. The van der Waals surface area contributed by atoms with Gasteiger partial charge in [-0.25, -0.2) is 0 Å². The first-order valence-corrected chi connectivity index (χ1v) is 14.8. The van der Waals surface area contributed by atoms with Gasteiger partial charge in [-0.15, -0.1) is 0 Å². The molecule has 0 aliphatic rings. The smallest absolute Gasteiger partial charge is 0.306 e. The number of carbonyl (C=O) groups is 1. The number of aliphatic hydroxyl groups excluding tert-OH is 1. The lowest BCUT2D eigenvalue weighted by molar-refractivity contribution is -0.150. The molecule has 0 aliphatic carbocycles. The third-order valence-electron chi connectivity index (χ3n) is 6.58. The Bertz CT molecular complexity index is 371. The fraction of sp³-hybridized carbons (Fsp3) is 0.966. The van der Waals surface area contributed by atoms with E-state index in [0.29, 0.717) is 13.0 Å². The molecule has 0 aromatic rings. The summed E-state index contributed by atoms with van der Waals surface area (Å²) in [4.78, 5) is 12.4. The summed E-state index contributed by atoms with van der Waals surface area (Å²) >= 11 is 0. The number of hydrogen-bond donors (Lipinski definition) is 2. The van der Waals surface area contributed by atoms with Crippen LogP contribution in [0.5, 0.6) is 0 Å². The minimum absolute atomic E-state index is 0.0236. The Morgan fingerprint density at radius 1 is 0.636 bits per heavy atom. The number of carbonyl (C=O) groups excluding carboxylic acids is 1. The second-order valence-corrected chi connectivity index (χ2v) is 9.92. The van der Waals surface area contributed by atoms with Crippen LogP contribution in [0.2, 0.25) is 0 Å². The van der Waals surface area contributed by atoms with Crippen molar-refractivity contribution < 1.29 is 14.6 Å². The van der Waals surface area contributed by atoms with Crippen LogP contribution >= 0.6 is 0 Å². The maximum Gasteiger partial charge on any atom is 0.306 e. The van der Waals surface area contributed by atoms with Crippen molar-refractivity contribution in [2.24, 2.45) is 0 Å². The predicted molar refractivity (Wildman–Crippen MR) is 143 cm³/mol. The van der Waals surface area contributed by atoms with E-state index in [-0.39, 0.29) is 18.7 Å². The quantitative estimate of drug-likeness (QED) is 0.0942. The highest BCUT2D eigenvalue weighted by molar-refractivity contribution is 5.69. The van der Waals surface area contributed by atoms with Gasteiger partial charge < -0.3 is 15.2 Å². The molecule has 0 saturated heterocycles. The molecule has 4 heteroatoms. The number of aliphatic hydroxyl groups is 1. The molecule has 0 heterocycles. The number of hydrogen-bond acceptors (Lipinski definition) is 4. The summed E-state index contributed by atoms with van der Waals surface area (Å²) in [7, 11) is 0. The fourth-order valence-electron chi connectivity index (χ4n) is 4.42. The lowest BCUT2D eigenvalue weighted by atomic mass is 10.0. The molecule has 0 fully saturated rings. The summed E-state index contributed by atoms with van der Waals surface area (Å²) in [5.74, 6) is 0.0236. The van der Waals surface area contributed by atoms with Gasteiger partial charge in [0.2, 0.25) is 0 Å². The van der Waals surface area contributed by atoms with E-state index in [0.717, 1.165) is 38.6 Å². The van der Waals surface area contributed by atoms with Crippen molar-refractivity contribution in [2.45, 2.75) is 161 Å². The second-order valence-electron chi connectivity index (χ2n) is 9.92. The van der Waals surface area contributed by atoms with Gasteiger partial charge in [0.15, 0.2) is 0 Å². The van der Waals surface area contributed by atoms with Crippen molar-refractivity contribution >= 4 is 5.97 Å². The zero-order chi connectivity index (χ0) is 24.2. The van der Waals surface area contributed by atoms with Crippen LogP contribution in [-0.2, 0) is 9.53 Å². The summed E-state index contributed by atoms with van der Waals surface area (Å²) in [5, 5.41) is 12.0. The van der Waals surface area contributed by atoms with E-state index in [1.165, 1.54) is 103 Å². The SMILES string of the molecule is CCCCCCCCCC(CCCCCCCCC)OC(=O)CCCCCCCNCCO. The van der Waals surface area contributed by atoms with Crippen molar-refractivity contribution in [3.05, 3.63) is 0 Å². The van der Waals surface area contributed by atoms with Gasteiger partial charge in [0.25, 0.3) is 0 Å². The molecule has 0 unspecified atom stereocenters. The van der Waals surface area contributed by atoms with Gasteiger partial charge >= 0.3 is 5.97 Å². The van der Waals surface area contributed by atoms with Crippen molar-refractivity contribution in [2.75, 3.05) is 19.7 Å². The van der Waals surface area contributed by atoms with Crippen LogP contribution in [-0.4, -0.2) is 36.9 Å². The van der Waals surface area contributed by atoms with Crippen LogP contribution in [0.25, 0.3) is 0 Å². The van der Waals surface area contributed by atoms with Crippen LogP contribution in [0.4, 0.5) is 0 Å². The second kappa shape index (κ2) is 27.6. The van der Waals surface area contributed by atoms with Crippen LogP contribution in [0.3, 0.4) is 0 Å². The van der Waals surface area contributed by atoms with Gasteiger partial charge in [-0.1, -0.05) is 110 Å². The molecule has 0 rings (SSSR count). The van der Waals surface area contributed by atoms with Crippen LogP contribution in [0, 0.1) is 0 Å². The van der Waals surface area contributed by atoms with Gasteiger partial charge in [-0.3, -0.25) is 4.79 Å². The van der Waals surface area contributed by atoms with Crippen LogP contribution in [0.1, 0.15) is 155 Å². The highest BCUT2D eigenvalue weighted by atomic mass is 16.5. The summed E-state index contributed by atoms with van der Waals surface area (Å²) in [6, 6.07) is 0. The van der Waals surface area contributed by atoms with E-state index < -0.39 is 0 Å². The summed E-state index contributed by atoms with van der Waals surface area (Å²) in [5.41, 5.74) is 0. The molecule has 4 nitrogen and oxygen atoms in total. The lowest BCUT2D eigenvalue weighted by Gasteiger charge is -2.18. The third-order valence-corrected chi connectivity index (χ3v) is 6.58. The Hall–Kier alpha value is -0.610. The van der Waals surface area contributed by atoms with E-state index in [9.17, 15) is 4.79 Å². The first-order chi connectivity index (χ1) is 16.2. The van der Waals surface area contributed by atoms with Gasteiger partial charge in [0, 0.05) is 13.0 Å². The van der Waals surface area contributed by atoms with Crippen molar-refractivity contribution in [3.8, 4) is 0 Å². The van der Waals surface area contributed by atoms with Gasteiger partial charge in [0.1, 0.15) is 6.10 Å². The molecule has 0 spiro atoms. The van der Waals surface area contributed by atoms with E-state index in [1.54, 1.807) is 0 Å². The molecule has 2 N–H and O–H groups in total. The predicted octanol–water partition coefficient (Wildman–Crippen LogP) is 8.10. The maximum absolute atomic E-state index is 12.4. The Morgan fingerprint density at radius 2 is 1.09 bits per heavy atom. The average molecular weight is 470 g/mol. The number of rotatable bonds is 27. The van der Waals surface area contributed by atoms with E-state index in [1.807, 2.05) is 0 Å². The summed E-state index contributed by atoms with van der Waals surface area (Å²) < 4.78 is 5.94. The van der Waals surface area contributed by atoms with E-state index >= 15 is 0 Å². The zero-order valence-electron chi connectivity index (χ0n) is 22.5. The Kier molecular flexibility index (Phi) is 27.1. The molecule has 0 amide bonds. The monoisotopic (exact) mass is 469 g/mol. The molecule has 198 valence electrons. The molecule has 0 bridgehead atoms. The zero-order valence-corrected chi connectivity index (χ0v) is 22.5. The van der Waals surface area contributed by atoms with E-state index in [2.05, 4.69) is 19.2 Å². The van der Waals surface area contributed by atoms with E-state index in [4.69, 9.17) is 9.84 Å². The average Bonchev–Trinajstić information content (AvgIpc) is 2.81. The Morgan fingerprint density at radius 3 is 1.61 bits per heavy atom.